The Kier molecular flexibility index (Phi) is 10.2. The first-order valence-electron chi connectivity index (χ1n) is 9.09. The number of benzene rings is 1. The Balaban J connectivity index is 2.44. The summed E-state index contributed by atoms with van der Waals surface area (Å²) < 4.78 is 68.1. The van der Waals surface area contributed by atoms with Gasteiger partial charge in [-0.25, -0.2) is 4.79 Å². The predicted octanol–water partition coefficient (Wildman–Crippen LogP) is 5.50. The largest absolute Gasteiger partial charge is 0.534 e. The van der Waals surface area contributed by atoms with E-state index >= 15 is 0 Å². The molecule has 0 atom stereocenters. The topological polar surface area (TPSA) is 69.7 Å². The number of halogens is 3. The summed E-state index contributed by atoms with van der Waals surface area (Å²) >= 11 is 3.99. The first kappa shape index (κ1) is 24.6. The number of hydrogen-bond acceptors (Lipinski definition) is 6. The van der Waals surface area contributed by atoms with Crippen LogP contribution in [0.4, 0.5) is 13.2 Å². The summed E-state index contributed by atoms with van der Waals surface area (Å²) in [5.74, 6) is -1.28. The highest BCUT2D eigenvalue weighted by Crippen LogP contribution is 2.29. The van der Waals surface area contributed by atoms with E-state index in [2.05, 4.69) is 23.7 Å². The number of carbonyl (C=O) groups is 1. The lowest BCUT2D eigenvalue weighted by atomic mass is 10.1. The number of thiol groups is 1. The van der Waals surface area contributed by atoms with Crippen LogP contribution in [-0.4, -0.2) is 26.5 Å². The van der Waals surface area contributed by atoms with Crippen LogP contribution in [0.1, 0.15) is 68.6 Å². The van der Waals surface area contributed by atoms with Crippen LogP contribution in [0.25, 0.3) is 0 Å². The number of rotatable bonds is 12. The Morgan fingerprint density at radius 2 is 1.61 bits per heavy atom. The zero-order chi connectivity index (χ0) is 21.2. The molecule has 0 aromatic heterocycles. The number of alkyl halides is 3. The van der Waals surface area contributed by atoms with Crippen LogP contribution in [0.15, 0.2) is 23.1 Å². The molecule has 0 bridgehead atoms. The van der Waals surface area contributed by atoms with E-state index in [4.69, 9.17) is 4.74 Å². The molecule has 0 aliphatic rings. The molecule has 1 aromatic rings. The molecule has 0 aliphatic carbocycles. The quantitative estimate of drug-likeness (QED) is 0.152. The summed E-state index contributed by atoms with van der Waals surface area (Å²) in [6, 6.07) is 2.97. The molecule has 5 nitrogen and oxygen atoms in total. The molecule has 1 aromatic carbocycles. The van der Waals surface area contributed by atoms with Gasteiger partial charge in [0.2, 0.25) is 0 Å². The molecule has 0 aliphatic heterocycles. The fourth-order valence-electron chi connectivity index (χ4n) is 2.39. The summed E-state index contributed by atoms with van der Waals surface area (Å²) in [6.07, 6.45) is 8.76. The fraction of sp³-hybridized carbons (Fsp3) is 0.611. The van der Waals surface area contributed by atoms with Crippen LogP contribution in [0.5, 0.6) is 5.75 Å². The molecule has 1 rings (SSSR count). The van der Waals surface area contributed by atoms with Crippen LogP contribution in [0.3, 0.4) is 0 Å². The maximum Gasteiger partial charge on any atom is 0.534 e. The van der Waals surface area contributed by atoms with Gasteiger partial charge in [-0.2, -0.15) is 21.6 Å². The third-order valence-electron chi connectivity index (χ3n) is 3.91. The van der Waals surface area contributed by atoms with Crippen molar-refractivity contribution in [2.75, 3.05) is 6.61 Å². The lowest BCUT2D eigenvalue weighted by Gasteiger charge is -2.11. The standard InChI is InChI=1S/C18H25F3O5S2/c1-2-3-4-5-6-7-8-9-12-25-17(22)15-11-10-14(13-16(15)27)26-28(23,24)18(19,20)21/h10-11,13,27H,2-9,12H2,1H3. The SMILES string of the molecule is CCCCCCCCCCOC(=O)c1ccc(OS(=O)(=O)C(F)(F)F)cc1S. The zero-order valence-electron chi connectivity index (χ0n) is 15.6. The van der Waals surface area contributed by atoms with Crippen molar-refractivity contribution in [2.45, 2.75) is 68.7 Å². The minimum Gasteiger partial charge on any atom is -0.462 e. The van der Waals surface area contributed by atoms with Crippen molar-refractivity contribution in [1.82, 2.24) is 0 Å². The Labute approximate surface area is 169 Å². The van der Waals surface area contributed by atoms with Gasteiger partial charge in [0.05, 0.1) is 12.2 Å². The van der Waals surface area contributed by atoms with E-state index in [-0.39, 0.29) is 17.1 Å². The minimum atomic E-state index is -5.78. The first-order valence-corrected chi connectivity index (χ1v) is 10.9. The van der Waals surface area contributed by atoms with Gasteiger partial charge in [0.1, 0.15) is 5.75 Å². The molecule has 0 heterocycles. The van der Waals surface area contributed by atoms with E-state index in [1.807, 2.05) is 0 Å². The van der Waals surface area contributed by atoms with E-state index < -0.39 is 27.3 Å². The number of hydrogen-bond donors (Lipinski definition) is 1. The van der Waals surface area contributed by atoms with E-state index in [1.165, 1.54) is 25.7 Å². The Bertz CT molecular complexity index is 733. The van der Waals surface area contributed by atoms with Crippen LogP contribution >= 0.6 is 12.6 Å². The zero-order valence-corrected chi connectivity index (χ0v) is 17.3. The van der Waals surface area contributed by atoms with Gasteiger partial charge < -0.3 is 8.92 Å². The molecule has 0 spiro atoms. The second-order valence-electron chi connectivity index (χ2n) is 6.27. The van der Waals surface area contributed by atoms with Crippen molar-refractivity contribution in [3.8, 4) is 5.75 Å². The molecule has 0 amide bonds. The minimum absolute atomic E-state index is 0.0136. The van der Waals surface area contributed by atoms with Gasteiger partial charge in [-0.1, -0.05) is 51.9 Å². The molecule has 28 heavy (non-hydrogen) atoms. The average Bonchev–Trinajstić information content (AvgIpc) is 2.59. The highest BCUT2D eigenvalue weighted by Gasteiger charge is 2.48. The van der Waals surface area contributed by atoms with E-state index in [0.29, 0.717) is 6.42 Å². The van der Waals surface area contributed by atoms with Crippen LogP contribution < -0.4 is 4.18 Å². The van der Waals surface area contributed by atoms with E-state index in [0.717, 1.165) is 37.5 Å². The van der Waals surface area contributed by atoms with E-state index in [1.54, 1.807) is 0 Å². The van der Waals surface area contributed by atoms with Gasteiger partial charge >= 0.3 is 21.6 Å². The van der Waals surface area contributed by atoms with Gasteiger partial charge in [-0.05, 0) is 24.6 Å². The second-order valence-corrected chi connectivity index (χ2v) is 8.29. The Morgan fingerprint density at radius 1 is 1.04 bits per heavy atom. The van der Waals surface area contributed by atoms with Crippen molar-refractivity contribution in [1.29, 1.82) is 0 Å². The predicted molar refractivity (Wildman–Crippen MR) is 102 cm³/mol. The molecule has 0 fully saturated rings. The molecular formula is C18H25F3O5S2. The second kappa shape index (κ2) is 11.5. The van der Waals surface area contributed by atoms with Gasteiger partial charge in [-0.3, -0.25) is 0 Å². The van der Waals surface area contributed by atoms with Crippen LogP contribution in [0.2, 0.25) is 0 Å². The average molecular weight is 443 g/mol. The fourth-order valence-corrected chi connectivity index (χ4v) is 3.13. The molecule has 0 unspecified atom stereocenters. The first-order chi connectivity index (χ1) is 13.1. The molecule has 10 heteroatoms. The highest BCUT2D eigenvalue weighted by atomic mass is 32.2. The Morgan fingerprint density at radius 3 is 2.14 bits per heavy atom. The maximum atomic E-state index is 12.3. The molecular weight excluding hydrogens is 417 g/mol. The van der Waals surface area contributed by atoms with Crippen molar-refractivity contribution >= 4 is 28.7 Å². The molecule has 0 radical (unpaired) electrons. The van der Waals surface area contributed by atoms with Crippen molar-refractivity contribution in [3.05, 3.63) is 23.8 Å². The van der Waals surface area contributed by atoms with Crippen molar-refractivity contribution in [3.63, 3.8) is 0 Å². The van der Waals surface area contributed by atoms with Gasteiger partial charge in [0.25, 0.3) is 0 Å². The third-order valence-corrected chi connectivity index (χ3v) is 5.26. The smallest absolute Gasteiger partial charge is 0.462 e. The van der Waals surface area contributed by atoms with Gasteiger partial charge in [-0.15, -0.1) is 12.6 Å². The number of esters is 1. The Hall–Kier alpha value is -1.42. The summed E-state index contributed by atoms with van der Waals surface area (Å²) in [7, 11) is -5.78. The summed E-state index contributed by atoms with van der Waals surface area (Å²) in [5, 5.41) is 0. The molecule has 0 saturated carbocycles. The number of carbonyl (C=O) groups excluding carboxylic acids is 1. The van der Waals surface area contributed by atoms with Crippen LogP contribution in [-0.2, 0) is 14.9 Å². The lowest BCUT2D eigenvalue weighted by Crippen LogP contribution is -2.28. The summed E-state index contributed by atoms with van der Waals surface area (Å²) in [6.45, 7) is 2.39. The van der Waals surface area contributed by atoms with Crippen molar-refractivity contribution < 1.29 is 35.3 Å². The third kappa shape index (κ3) is 8.30. The van der Waals surface area contributed by atoms with E-state index in [9.17, 15) is 26.4 Å². The monoisotopic (exact) mass is 442 g/mol. The molecule has 0 saturated heterocycles. The number of unbranched alkanes of at least 4 members (excludes halogenated alkanes) is 7. The van der Waals surface area contributed by atoms with Crippen molar-refractivity contribution in [2.24, 2.45) is 0 Å². The molecule has 0 N–H and O–H groups in total. The normalized spacial score (nSPS) is 12.0. The summed E-state index contributed by atoms with van der Waals surface area (Å²) in [5.41, 5.74) is -5.53. The van der Waals surface area contributed by atoms with Gasteiger partial charge in [0.15, 0.2) is 0 Å². The summed E-state index contributed by atoms with van der Waals surface area (Å²) in [4.78, 5) is 12.0. The molecule has 160 valence electrons. The highest BCUT2D eigenvalue weighted by molar-refractivity contribution is 7.88. The number of ether oxygens (including phenoxy) is 1. The van der Waals surface area contributed by atoms with Crippen LogP contribution in [0, 0.1) is 0 Å². The lowest BCUT2D eigenvalue weighted by molar-refractivity contribution is -0.0500. The van der Waals surface area contributed by atoms with Gasteiger partial charge in [0, 0.05) is 4.90 Å². The maximum absolute atomic E-state index is 12.3.